The van der Waals surface area contributed by atoms with Gasteiger partial charge < -0.3 is 20.7 Å². The number of halogens is 1. The lowest BCUT2D eigenvalue weighted by Gasteiger charge is -2.11. The van der Waals surface area contributed by atoms with Crippen LogP contribution in [-0.2, 0) is 21.3 Å². The van der Waals surface area contributed by atoms with Crippen molar-refractivity contribution in [2.75, 3.05) is 17.2 Å². The third kappa shape index (κ3) is 6.89. The van der Waals surface area contributed by atoms with Gasteiger partial charge in [0.1, 0.15) is 0 Å². The minimum Gasteiger partial charge on any atom is -0.436 e. The number of ether oxygens (including phenoxy) is 1. The first-order chi connectivity index (χ1) is 15.7. The molecule has 0 fully saturated rings. The zero-order chi connectivity index (χ0) is 23.8. The topological polar surface area (TPSA) is 148 Å². The molecule has 170 valence electrons. The number of benzene rings is 2. The summed E-state index contributed by atoms with van der Waals surface area (Å²) in [5.41, 5.74) is 1.67. The maximum Gasteiger partial charge on any atom is 0.408 e. The van der Waals surface area contributed by atoms with Crippen LogP contribution in [0.15, 0.2) is 59.6 Å². The normalized spacial score (nSPS) is 10.7. The van der Waals surface area contributed by atoms with E-state index in [0.29, 0.717) is 11.4 Å². The van der Waals surface area contributed by atoms with Crippen LogP contribution in [0.25, 0.3) is 0 Å². The number of amides is 1. The summed E-state index contributed by atoms with van der Waals surface area (Å²) >= 11 is 0. The fraction of sp³-hybridized carbons (Fsp3) is 0.0952. The standard InChI is InChI=1S/C21H19FN6O4S/c1-2-10-32-21(29)25-12-14-6-8-15(9-7-14)26-19-18(22)13-24-20(28-19)27-16-4-3-5-17(11-16)33(23,30)31/h1,3-9,11,13H,10,12H2,(H,25,29)(H2,23,30,31)(H2,24,26,27,28). The predicted molar refractivity (Wildman–Crippen MR) is 120 cm³/mol. The van der Waals surface area contributed by atoms with Gasteiger partial charge in [-0.2, -0.15) is 4.98 Å². The van der Waals surface area contributed by atoms with Gasteiger partial charge in [0.05, 0.1) is 11.1 Å². The van der Waals surface area contributed by atoms with Crippen LogP contribution in [0.5, 0.6) is 0 Å². The Morgan fingerprint density at radius 2 is 1.91 bits per heavy atom. The molecule has 0 spiro atoms. The highest BCUT2D eigenvalue weighted by molar-refractivity contribution is 7.89. The summed E-state index contributed by atoms with van der Waals surface area (Å²) in [6.45, 7) is 0.102. The summed E-state index contributed by atoms with van der Waals surface area (Å²) in [6.07, 6.45) is 5.36. The van der Waals surface area contributed by atoms with Gasteiger partial charge in [-0.1, -0.05) is 24.1 Å². The average molecular weight is 470 g/mol. The van der Waals surface area contributed by atoms with Crippen LogP contribution in [0, 0.1) is 18.2 Å². The summed E-state index contributed by atoms with van der Waals surface area (Å²) in [5.74, 6) is 1.44. The molecule has 0 aliphatic heterocycles. The summed E-state index contributed by atoms with van der Waals surface area (Å²) < 4.78 is 41.9. The minimum atomic E-state index is -3.88. The Morgan fingerprint density at radius 1 is 1.15 bits per heavy atom. The largest absolute Gasteiger partial charge is 0.436 e. The molecule has 1 heterocycles. The van der Waals surface area contributed by atoms with Crippen molar-refractivity contribution < 1.29 is 22.3 Å². The Kier molecular flexibility index (Phi) is 7.39. The number of nitrogens with two attached hydrogens (primary N) is 1. The number of nitrogens with zero attached hydrogens (tertiary/aromatic N) is 2. The molecule has 1 aromatic heterocycles. The number of carbonyl (C=O) groups excluding carboxylic acids is 1. The van der Waals surface area contributed by atoms with Gasteiger partial charge in [0.2, 0.25) is 16.0 Å². The highest BCUT2D eigenvalue weighted by Crippen LogP contribution is 2.22. The van der Waals surface area contributed by atoms with E-state index in [1.54, 1.807) is 30.3 Å². The molecule has 5 N–H and O–H groups in total. The van der Waals surface area contributed by atoms with E-state index in [2.05, 4.69) is 31.8 Å². The zero-order valence-corrected chi connectivity index (χ0v) is 17.9. The molecule has 0 aliphatic carbocycles. The van der Waals surface area contributed by atoms with Gasteiger partial charge in [-0.05, 0) is 35.9 Å². The van der Waals surface area contributed by atoms with Crippen molar-refractivity contribution in [3.05, 3.63) is 66.1 Å². The van der Waals surface area contributed by atoms with Crippen molar-refractivity contribution in [2.45, 2.75) is 11.4 Å². The van der Waals surface area contributed by atoms with Crippen molar-refractivity contribution in [1.29, 1.82) is 0 Å². The van der Waals surface area contributed by atoms with E-state index in [4.69, 9.17) is 16.3 Å². The number of alkyl carbamates (subject to hydrolysis) is 1. The van der Waals surface area contributed by atoms with Gasteiger partial charge in [-0.25, -0.2) is 27.7 Å². The Balaban J connectivity index is 1.67. The molecule has 3 rings (SSSR count). The molecule has 0 radical (unpaired) electrons. The maximum atomic E-state index is 14.2. The zero-order valence-electron chi connectivity index (χ0n) is 17.1. The number of terminal acetylenes is 1. The fourth-order valence-corrected chi connectivity index (χ4v) is 3.13. The van der Waals surface area contributed by atoms with Crippen molar-refractivity contribution in [2.24, 2.45) is 5.14 Å². The minimum absolute atomic E-state index is 0.0387. The fourth-order valence-electron chi connectivity index (χ4n) is 2.57. The second kappa shape index (κ2) is 10.4. The highest BCUT2D eigenvalue weighted by atomic mass is 32.2. The smallest absolute Gasteiger partial charge is 0.408 e. The molecule has 10 nitrogen and oxygen atoms in total. The molecule has 0 unspecified atom stereocenters. The molecular formula is C21H19FN6O4S. The second-order valence-corrected chi connectivity index (χ2v) is 8.11. The van der Waals surface area contributed by atoms with Crippen molar-refractivity contribution in [3.8, 4) is 12.3 Å². The van der Waals surface area contributed by atoms with Gasteiger partial charge in [0.15, 0.2) is 18.2 Å². The number of nitrogens with one attached hydrogen (secondary N) is 3. The van der Waals surface area contributed by atoms with Gasteiger partial charge in [0, 0.05) is 17.9 Å². The van der Waals surface area contributed by atoms with Gasteiger partial charge in [-0.3, -0.25) is 0 Å². The molecule has 0 saturated heterocycles. The quantitative estimate of drug-likeness (QED) is 0.367. The number of hydrogen-bond acceptors (Lipinski definition) is 8. The Hall–Kier alpha value is -4.21. The third-order valence-corrected chi connectivity index (χ3v) is 5.01. The number of aromatic nitrogens is 2. The Morgan fingerprint density at radius 3 is 2.61 bits per heavy atom. The van der Waals surface area contributed by atoms with Gasteiger partial charge >= 0.3 is 6.09 Å². The number of anilines is 4. The van der Waals surface area contributed by atoms with E-state index in [1.807, 2.05) is 0 Å². The summed E-state index contributed by atoms with van der Waals surface area (Å²) in [7, 11) is -3.88. The van der Waals surface area contributed by atoms with Crippen LogP contribution in [0.4, 0.5) is 32.3 Å². The molecule has 1 amide bonds. The van der Waals surface area contributed by atoms with Crippen LogP contribution < -0.4 is 21.1 Å². The van der Waals surface area contributed by atoms with Crippen molar-refractivity contribution in [1.82, 2.24) is 15.3 Å². The second-order valence-electron chi connectivity index (χ2n) is 6.54. The van der Waals surface area contributed by atoms with Crippen LogP contribution >= 0.6 is 0 Å². The molecule has 0 bridgehead atoms. The SMILES string of the molecule is C#CCOC(=O)NCc1ccc(Nc2nc(Nc3cccc(S(N)(=O)=O)c3)ncc2F)cc1. The Labute approximate surface area is 189 Å². The van der Waals surface area contributed by atoms with Crippen molar-refractivity contribution >= 4 is 39.3 Å². The first-order valence-corrected chi connectivity index (χ1v) is 10.9. The lowest BCUT2D eigenvalue weighted by atomic mass is 10.2. The van der Waals surface area contributed by atoms with Gasteiger partial charge in [-0.15, -0.1) is 6.42 Å². The lowest BCUT2D eigenvalue weighted by molar-refractivity contribution is 0.159. The third-order valence-electron chi connectivity index (χ3n) is 4.10. The monoisotopic (exact) mass is 470 g/mol. The number of primary sulfonamides is 1. The number of carbonyl (C=O) groups is 1. The van der Waals surface area contributed by atoms with Crippen LogP contribution in [0.1, 0.15) is 5.56 Å². The summed E-state index contributed by atoms with van der Waals surface area (Å²) in [6, 6.07) is 12.5. The molecule has 3 aromatic rings. The molecule has 0 aliphatic rings. The van der Waals surface area contributed by atoms with Crippen LogP contribution in [0.2, 0.25) is 0 Å². The van der Waals surface area contributed by atoms with Crippen LogP contribution in [0.3, 0.4) is 0 Å². The molecule has 0 atom stereocenters. The van der Waals surface area contributed by atoms with E-state index in [-0.39, 0.29) is 29.8 Å². The molecule has 33 heavy (non-hydrogen) atoms. The predicted octanol–water partition coefficient (Wildman–Crippen LogP) is 2.61. The van der Waals surface area contributed by atoms with E-state index in [1.165, 1.54) is 18.2 Å². The summed E-state index contributed by atoms with van der Waals surface area (Å²) in [5, 5.41) is 13.3. The highest BCUT2D eigenvalue weighted by Gasteiger charge is 2.11. The molecule has 2 aromatic carbocycles. The van der Waals surface area contributed by atoms with E-state index in [0.717, 1.165) is 11.8 Å². The number of sulfonamides is 1. The maximum absolute atomic E-state index is 14.2. The Bertz CT molecular complexity index is 1290. The lowest BCUT2D eigenvalue weighted by Crippen LogP contribution is -2.23. The van der Waals surface area contributed by atoms with Crippen molar-refractivity contribution in [3.63, 3.8) is 0 Å². The molecule has 0 saturated carbocycles. The van der Waals surface area contributed by atoms with Gasteiger partial charge in [0.25, 0.3) is 0 Å². The molecule has 12 heteroatoms. The molecular weight excluding hydrogens is 451 g/mol. The number of hydrogen-bond donors (Lipinski definition) is 4. The first-order valence-electron chi connectivity index (χ1n) is 9.37. The first kappa shape index (κ1) is 23.5. The van der Waals surface area contributed by atoms with E-state index < -0.39 is 21.9 Å². The van der Waals surface area contributed by atoms with E-state index in [9.17, 15) is 17.6 Å². The summed E-state index contributed by atoms with van der Waals surface area (Å²) in [4.78, 5) is 19.3. The van der Waals surface area contributed by atoms with Crippen LogP contribution in [-0.4, -0.2) is 31.1 Å². The van der Waals surface area contributed by atoms with E-state index >= 15 is 0 Å². The average Bonchev–Trinajstić information content (AvgIpc) is 2.79. The number of rotatable bonds is 8.